The number of ether oxygens (including phenoxy) is 1. The Kier molecular flexibility index (Phi) is 7.33. The number of nitrogens with zero attached hydrogens (tertiary/aromatic N) is 1. The summed E-state index contributed by atoms with van der Waals surface area (Å²) < 4.78 is 32.2. The minimum Gasteiger partial charge on any atom is -0.467 e. The second kappa shape index (κ2) is 9.30. The van der Waals surface area contributed by atoms with E-state index in [9.17, 15) is 28.4 Å². The highest BCUT2D eigenvalue weighted by Crippen LogP contribution is 2.29. The molecule has 0 saturated heterocycles. The Balaban J connectivity index is 2.16. The van der Waals surface area contributed by atoms with Crippen LogP contribution in [0.2, 0.25) is 0 Å². The van der Waals surface area contributed by atoms with E-state index in [1.165, 1.54) is 12.1 Å². The van der Waals surface area contributed by atoms with Crippen LogP contribution in [0.1, 0.15) is 32.6 Å². The predicted molar refractivity (Wildman–Crippen MR) is 101 cm³/mol. The van der Waals surface area contributed by atoms with Crippen molar-refractivity contribution in [2.45, 2.75) is 49.6 Å². The maximum Gasteiger partial charge on any atom is 0.336 e. The maximum atomic E-state index is 12.6. The van der Waals surface area contributed by atoms with E-state index in [0.717, 1.165) is 38.9 Å². The number of hydrogen-bond donors (Lipinski definition) is 3. The Morgan fingerprint density at radius 2 is 2.00 bits per heavy atom. The zero-order chi connectivity index (χ0) is 20.9. The molecule has 1 atom stereocenters. The Bertz CT molecular complexity index is 820. The lowest BCUT2D eigenvalue weighted by atomic mass is 9.88. The normalized spacial score (nSPS) is 21.0. The molecule has 0 amide bonds. The van der Waals surface area contributed by atoms with Crippen molar-refractivity contribution in [3.05, 3.63) is 28.3 Å². The van der Waals surface area contributed by atoms with Crippen molar-refractivity contribution in [1.82, 2.24) is 4.72 Å². The number of esters is 1. The molecule has 1 saturated carbocycles. The summed E-state index contributed by atoms with van der Waals surface area (Å²) in [5.74, 6) is -0.326. The van der Waals surface area contributed by atoms with Crippen molar-refractivity contribution in [2.24, 2.45) is 5.92 Å². The van der Waals surface area contributed by atoms with Gasteiger partial charge in [-0.2, -0.15) is 0 Å². The average molecular weight is 415 g/mol. The fourth-order valence-electron chi connectivity index (χ4n) is 3.07. The molecule has 0 heterocycles. The highest BCUT2D eigenvalue weighted by molar-refractivity contribution is 7.89. The summed E-state index contributed by atoms with van der Waals surface area (Å²) in [5, 5.41) is 23.5. The highest BCUT2D eigenvalue weighted by atomic mass is 32.2. The Morgan fingerprint density at radius 1 is 1.36 bits per heavy atom. The number of carbonyl (C=O) groups is 1. The SMILES string of the molecule is COC(=O)C(O)CNc1ccc(S(=O)(=O)NC2CCC(C)CC2)cc1[N+](=O)[O-]. The first-order valence-corrected chi connectivity index (χ1v) is 10.4. The van der Waals surface area contributed by atoms with Gasteiger partial charge in [0.25, 0.3) is 5.69 Å². The molecule has 1 aromatic rings. The van der Waals surface area contributed by atoms with Gasteiger partial charge in [0.15, 0.2) is 6.10 Å². The molecule has 1 fully saturated rings. The molecular formula is C17H25N3O7S. The van der Waals surface area contributed by atoms with Crippen molar-refractivity contribution in [1.29, 1.82) is 0 Å². The number of rotatable bonds is 8. The molecule has 3 N–H and O–H groups in total. The van der Waals surface area contributed by atoms with Gasteiger partial charge in [0, 0.05) is 12.1 Å². The zero-order valence-electron chi connectivity index (χ0n) is 15.8. The molecule has 2 rings (SSSR count). The van der Waals surface area contributed by atoms with Gasteiger partial charge in [-0.15, -0.1) is 0 Å². The number of sulfonamides is 1. The zero-order valence-corrected chi connectivity index (χ0v) is 16.6. The van der Waals surface area contributed by atoms with Crippen molar-refractivity contribution < 1.29 is 28.0 Å². The standard InChI is InChI=1S/C17H25N3O7S/c1-11-3-5-12(6-4-11)19-28(25,26)13-7-8-14(15(9-13)20(23)24)18-10-16(21)17(22)27-2/h7-9,11-12,16,18-19,21H,3-6,10H2,1-2H3. The first-order valence-electron chi connectivity index (χ1n) is 8.94. The summed E-state index contributed by atoms with van der Waals surface area (Å²) >= 11 is 0. The van der Waals surface area contributed by atoms with Crippen LogP contribution in [0.3, 0.4) is 0 Å². The minimum absolute atomic E-state index is 0.0154. The molecule has 0 aliphatic heterocycles. The third-order valence-corrected chi connectivity index (χ3v) is 6.29. The molecule has 1 aliphatic rings. The molecule has 11 heteroatoms. The van der Waals surface area contributed by atoms with Gasteiger partial charge in [0.1, 0.15) is 5.69 Å². The molecule has 0 radical (unpaired) electrons. The number of nitrogens with one attached hydrogen (secondary N) is 2. The highest BCUT2D eigenvalue weighted by Gasteiger charge is 2.27. The van der Waals surface area contributed by atoms with Crippen LogP contribution in [-0.2, 0) is 19.6 Å². The van der Waals surface area contributed by atoms with E-state index >= 15 is 0 Å². The van der Waals surface area contributed by atoms with Gasteiger partial charge >= 0.3 is 5.97 Å². The van der Waals surface area contributed by atoms with Crippen LogP contribution in [-0.4, -0.2) is 50.2 Å². The Labute approximate surface area is 163 Å². The first-order chi connectivity index (χ1) is 13.1. The number of aliphatic hydroxyl groups excluding tert-OH is 1. The number of nitro groups is 1. The van der Waals surface area contributed by atoms with E-state index in [0.29, 0.717) is 5.92 Å². The van der Waals surface area contributed by atoms with E-state index in [1.807, 2.05) is 0 Å². The molecule has 0 aromatic heterocycles. The minimum atomic E-state index is -3.90. The number of benzene rings is 1. The molecular weight excluding hydrogens is 390 g/mol. The van der Waals surface area contributed by atoms with E-state index in [2.05, 4.69) is 21.7 Å². The maximum absolute atomic E-state index is 12.6. The molecule has 0 spiro atoms. The topological polar surface area (TPSA) is 148 Å². The number of anilines is 1. The molecule has 28 heavy (non-hydrogen) atoms. The van der Waals surface area contributed by atoms with Crippen LogP contribution >= 0.6 is 0 Å². The summed E-state index contributed by atoms with van der Waals surface area (Å²) in [4.78, 5) is 21.6. The lowest BCUT2D eigenvalue weighted by Crippen LogP contribution is -2.37. The number of nitro benzene ring substituents is 1. The summed E-state index contributed by atoms with van der Waals surface area (Å²) in [6.07, 6.45) is 1.81. The van der Waals surface area contributed by atoms with Crippen LogP contribution in [0.25, 0.3) is 0 Å². The predicted octanol–water partition coefficient (Wildman–Crippen LogP) is 1.40. The van der Waals surface area contributed by atoms with E-state index in [1.54, 1.807) is 0 Å². The number of methoxy groups -OCH3 is 1. The molecule has 156 valence electrons. The van der Waals surface area contributed by atoms with Crippen LogP contribution < -0.4 is 10.0 Å². The Morgan fingerprint density at radius 3 is 2.57 bits per heavy atom. The molecule has 0 bridgehead atoms. The monoisotopic (exact) mass is 415 g/mol. The summed E-state index contributed by atoms with van der Waals surface area (Å²) in [6, 6.07) is 3.25. The van der Waals surface area contributed by atoms with Gasteiger partial charge < -0.3 is 15.2 Å². The van der Waals surface area contributed by atoms with Gasteiger partial charge in [-0.1, -0.05) is 6.92 Å². The van der Waals surface area contributed by atoms with Crippen LogP contribution in [0.15, 0.2) is 23.1 Å². The second-order valence-corrected chi connectivity index (χ2v) is 8.65. The fraction of sp³-hybridized carbons (Fsp3) is 0.588. The van der Waals surface area contributed by atoms with Gasteiger partial charge in [0.2, 0.25) is 10.0 Å². The number of aliphatic hydroxyl groups is 1. The fourth-order valence-corrected chi connectivity index (χ4v) is 4.40. The lowest BCUT2D eigenvalue weighted by molar-refractivity contribution is -0.384. The van der Waals surface area contributed by atoms with Gasteiger partial charge in [-0.25, -0.2) is 17.9 Å². The number of hydrogen-bond acceptors (Lipinski definition) is 8. The molecule has 1 unspecified atom stereocenters. The Hall–Kier alpha value is -2.24. The largest absolute Gasteiger partial charge is 0.467 e. The third kappa shape index (κ3) is 5.63. The molecule has 10 nitrogen and oxygen atoms in total. The lowest BCUT2D eigenvalue weighted by Gasteiger charge is -2.26. The van der Waals surface area contributed by atoms with Crippen molar-refractivity contribution >= 4 is 27.4 Å². The van der Waals surface area contributed by atoms with E-state index in [-0.39, 0.29) is 23.2 Å². The van der Waals surface area contributed by atoms with Crippen LogP contribution in [0.5, 0.6) is 0 Å². The third-order valence-electron chi connectivity index (χ3n) is 4.77. The van der Waals surface area contributed by atoms with E-state index < -0.39 is 32.7 Å². The first kappa shape index (κ1) is 22.1. The smallest absolute Gasteiger partial charge is 0.336 e. The average Bonchev–Trinajstić information content (AvgIpc) is 2.66. The molecule has 1 aliphatic carbocycles. The number of carbonyl (C=O) groups excluding carboxylic acids is 1. The summed E-state index contributed by atoms with van der Waals surface area (Å²) in [5.41, 5.74) is -0.490. The molecule has 1 aromatic carbocycles. The van der Waals surface area contributed by atoms with Crippen molar-refractivity contribution in [3.8, 4) is 0 Å². The van der Waals surface area contributed by atoms with Crippen molar-refractivity contribution in [2.75, 3.05) is 19.0 Å². The van der Waals surface area contributed by atoms with Gasteiger partial charge in [-0.3, -0.25) is 10.1 Å². The van der Waals surface area contributed by atoms with E-state index in [4.69, 9.17) is 0 Å². The summed E-state index contributed by atoms with van der Waals surface area (Å²) in [7, 11) is -2.80. The van der Waals surface area contributed by atoms with Crippen LogP contribution in [0.4, 0.5) is 11.4 Å². The van der Waals surface area contributed by atoms with Crippen LogP contribution in [0, 0.1) is 16.0 Å². The second-order valence-electron chi connectivity index (χ2n) is 6.93. The van der Waals surface area contributed by atoms with Gasteiger partial charge in [-0.05, 0) is 43.7 Å². The summed E-state index contributed by atoms with van der Waals surface area (Å²) in [6.45, 7) is 1.80. The van der Waals surface area contributed by atoms with Gasteiger partial charge in [0.05, 0.1) is 23.5 Å². The quantitative estimate of drug-likeness (QED) is 0.328. The van der Waals surface area contributed by atoms with Crippen molar-refractivity contribution in [3.63, 3.8) is 0 Å².